The average Bonchev–Trinajstić information content (AvgIpc) is 3.57. The minimum atomic E-state index is -4.58. The zero-order chi connectivity index (χ0) is 64.8. The molecule has 0 radical (unpaired) electrons. The van der Waals surface area contributed by atoms with Gasteiger partial charge in [0.2, 0.25) is 5.91 Å². The van der Waals surface area contributed by atoms with Crippen LogP contribution in [0.5, 0.6) is 0 Å². The van der Waals surface area contributed by atoms with Crippen LogP contribution in [0.25, 0.3) is 0 Å². The van der Waals surface area contributed by atoms with E-state index in [4.69, 9.17) is 9.05 Å². The van der Waals surface area contributed by atoms with Gasteiger partial charge in [0, 0.05) is 6.42 Å². The third-order valence-electron chi connectivity index (χ3n) is 18.6. The Labute approximate surface area is 557 Å². The van der Waals surface area contributed by atoms with E-state index in [2.05, 4.69) is 55.6 Å². The van der Waals surface area contributed by atoms with Crippen LogP contribution in [0.3, 0.4) is 0 Å². The van der Waals surface area contributed by atoms with Gasteiger partial charge >= 0.3 is 0 Å². The van der Waals surface area contributed by atoms with Crippen LogP contribution in [0, 0.1) is 0 Å². The summed E-state index contributed by atoms with van der Waals surface area (Å²) in [5.74, 6) is -0.155. The van der Waals surface area contributed by atoms with Crippen molar-refractivity contribution in [2.24, 2.45) is 0 Å². The zero-order valence-corrected chi connectivity index (χ0v) is 61.6. The van der Waals surface area contributed by atoms with Gasteiger partial charge in [0.25, 0.3) is 7.82 Å². The largest absolute Gasteiger partial charge is 0.756 e. The molecule has 3 atom stereocenters. The molecule has 0 aromatic heterocycles. The maximum absolute atomic E-state index is 13.1. The summed E-state index contributed by atoms with van der Waals surface area (Å²) < 4.78 is 23.6. The number of unbranched alkanes of at least 4 members (excludes halogenated alkanes) is 56. The lowest BCUT2D eigenvalue weighted by molar-refractivity contribution is -0.870. The van der Waals surface area contributed by atoms with Gasteiger partial charge in [-0.25, -0.2) is 0 Å². The average molecular weight is 1270 g/mol. The molecular weight excluding hydrogens is 1120 g/mol. The molecule has 9 heteroatoms. The van der Waals surface area contributed by atoms with E-state index in [1.807, 2.05) is 21.1 Å². The lowest BCUT2D eigenvalue weighted by atomic mass is 10.0. The number of quaternary nitrogens is 1. The Morgan fingerprint density at radius 3 is 0.944 bits per heavy atom. The Morgan fingerprint density at radius 2 is 0.652 bits per heavy atom. The van der Waals surface area contributed by atoms with Crippen molar-refractivity contribution in [2.45, 2.75) is 431 Å². The van der Waals surface area contributed by atoms with E-state index >= 15 is 0 Å². The number of rotatable bonds is 75. The number of aliphatic hydroxyl groups is 1. The minimum Gasteiger partial charge on any atom is -0.756 e. The molecule has 0 fully saturated rings. The van der Waals surface area contributed by atoms with Crippen molar-refractivity contribution in [3.63, 3.8) is 0 Å². The van der Waals surface area contributed by atoms with E-state index < -0.39 is 20.0 Å². The first-order valence-electron chi connectivity index (χ1n) is 39.8. The molecule has 0 saturated carbocycles. The van der Waals surface area contributed by atoms with Crippen molar-refractivity contribution >= 4 is 13.7 Å². The maximum atomic E-state index is 13.1. The molecule has 0 aliphatic rings. The summed E-state index contributed by atoms with van der Waals surface area (Å²) in [6.45, 7) is 4.78. The number of nitrogens with zero attached hydrogens (tertiary/aromatic N) is 1. The van der Waals surface area contributed by atoms with Crippen LogP contribution in [0.15, 0.2) is 36.5 Å². The number of carbonyl (C=O) groups is 1. The maximum Gasteiger partial charge on any atom is 0.268 e. The third-order valence-corrected chi connectivity index (χ3v) is 19.6. The van der Waals surface area contributed by atoms with E-state index in [0.29, 0.717) is 23.9 Å². The van der Waals surface area contributed by atoms with E-state index in [-0.39, 0.29) is 19.1 Å². The monoisotopic (exact) mass is 1270 g/mol. The predicted molar refractivity (Wildman–Crippen MR) is 390 cm³/mol. The molecule has 0 saturated heterocycles. The molecule has 0 spiro atoms. The molecule has 2 N–H and O–H groups in total. The molecule has 3 unspecified atom stereocenters. The number of likely N-dealkylation sites (N-methyl/N-ethyl adjacent to an activating group) is 1. The van der Waals surface area contributed by atoms with Crippen molar-refractivity contribution in [1.82, 2.24) is 5.32 Å². The zero-order valence-electron chi connectivity index (χ0n) is 60.7. The number of nitrogens with one attached hydrogen (secondary N) is 1. The fourth-order valence-electron chi connectivity index (χ4n) is 12.5. The summed E-state index contributed by atoms with van der Waals surface area (Å²) in [7, 11) is 1.33. The molecule has 0 aromatic carbocycles. The Bertz CT molecular complexity index is 1550. The SMILES string of the molecule is CCCCCCC/C=C\C/C=C\C/C=C\CCCCCCCCCCCCCCCCCCCCCCCCC(=O)NC(COP(=O)([O-])OCC[N+](C)(C)C)C(O)CCCCCCCCCCCCCCCCCCCCCCCCCCCCCCCC. The van der Waals surface area contributed by atoms with Crippen LogP contribution >= 0.6 is 7.82 Å². The highest BCUT2D eigenvalue weighted by Gasteiger charge is 2.24. The summed E-state index contributed by atoms with van der Waals surface area (Å²) in [5.41, 5.74) is 0. The molecule has 1 amide bonds. The second-order valence-electron chi connectivity index (χ2n) is 28.8. The summed E-state index contributed by atoms with van der Waals surface area (Å²) in [5, 5.41) is 14.1. The number of carbonyl (C=O) groups excluding carboxylic acids is 1. The second kappa shape index (κ2) is 71.0. The van der Waals surface area contributed by atoms with Crippen LogP contribution in [0.1, 0.15) is 418 Å². The van der Waals surface area contributed by atoms with Crippen LogP contribution in [0.2, 0.25) is 0 Å². The number of aliphatic hydroxyl groups excluding tert-OH is 1. The van der Waals surface area contributed by atoms with Crippen molar-refractivity contribution in [2.75, 3.05) is 40.9 Å². The standard InChI is InChI=1S/C80H157N2O6P/c1-6-8-10-12-14-16-18-20-22-24-26-28-30-32-34-36-38-39-40-41-42-43-44-46-48-50-52-54-56-58-60-62-64-66-68-70-72-74-80(84)81-78(77-88-89(85,86)87-76-75-82(3,4)5)79(83)73-71-69-67-65-63-61-59-57-55-53-51-49-47-45-37-35-33-31-29-27-25-23-21-19-17-15-13-11-9-7-2/h18,20,24,26,30,32,78-79,83H,6-17,19,21-23,25,27-29,31,33-77H2,1-5H3,(H-,81,84,85,86)/b20-18-,26-24-,32-30-. The molecule has 0 aliphatic heterocycles. The van der Waals surface area contributed by atoms with E-state index in [1.165, 1.54) is 340 Å². The number of amides is 1. The number of hydrogen-bond acceptors (Lipinski definition) is 6. The number of hydrogen-bond donors (Lipinski definition) is 2. The highest BCUT2D eigenvalue weighted by Crippen LogP contribution is 2.38. The van der Waals surface area contributed by atoms with Crippen molar-refractivity contribution in [3.8, 4) is 0 Å². The summed E-state index contributed by atoms with van der Waals surface area (Å²) in [6.07, 6.45) is 95.5. The highest BCUT2D eigenvalue weighted by atomic mass is 31.2. The molecule has 0 bridgehead atoms. The minimum absolute atomic E-state index is 0.0149. The third kappa shape index (κ3) is 74.0. The van der Waals surface area contributed by atoms with Crippen LogP contribution < -0.4 is 10.2 Å². The molecule has 8 nitrogen and oxygen atoms in total. The first kappa shape index (κ1) is 87.7. The van der Waals surface area contributed by atoms with Crippen molar-refractivity contribution in [3.05, 3.63) is 36.5 Å². The second-order valence-corrected chi connectivity index (χ2v) is 30.2. The van der Waals surface area contributed by atoms with E-state index in [1.54, 1.807) is 0 Å². The van der Waals surface area contributed by atoms with Gasteiger partial charge in [0.05, 0.1) is 39.9 Å². The van der Waals surface area contributed by atoms with Crippen LogP contribution in [-0.4, -0.2) is 68.5 Å². The summed E-state index contributed by atoms with van der Waals surface area (Å²) in [4.78, 5) is 25.7. The normalized spacial score (nSPS) is 13.7. The first-order valence-corrected chi connectivity index (χ1v) is 41.3. The summed E-state index contributed by atoms with van der Waals surface area (Å²) >= 11 is 0. The Kier molecular flexibility index (Phi) is 70.0. The molecule has 0 rings (SSSR count). The Morgan fingerprint density at radius 1 is 0.393 bits per heavy atom. The van der Waals surface area contributed by atoms with Gasteiger partial charge in [-0.15, -0.1) is 0 Å². The van der Waals surface area contributed by atoms with Gasteiger partial charge in [0.15, 0.2) is 0 Å². The molecule has 0 heterocycles. The molecule has 528 valence electrons. The smallest absolute Gasteiger partial charge is 0.268 e. The highest BCUT2D eigenvalue weighted by molar-refractivity contribution is 7.45. The molecule has 89 heavy (non-hydrogen) atoms. The van der Waals surface area contributed by atoms with Crippen LogP contribution in [0.4, 0.5) is 0 Å². The molecular formula is C80H157N2O6P. The van der Waals surface area contributed by atoms with Gasteiger partial charge in [-0.1, -0.05) is 397 Å². The number of phosphoric acid groups is 1. The Hall–Kier alpha value is -1.28. The fraction of sp³-hybridized carbons (Fsp3) is 0.912. The van der Waals surface area contributed by atoms with Gasteiger partial charge < -0.3 is 28.8 Å². The van der Waals surface area contributed by atoms with Crippen molar-refractivity contribution in [1.29, 1.82) is 0 Å². The predicted octanol–water partition coefficient (Wildman–Crippen LogP) is 25.3. The topological polar surface area (TPSA) is 108 Å². The molecule has 0 aliphatic carbocycles. The lowest BCUT2D eigenvalue weighted by Gasteiger charge is -2.30. The number of allylic oxidation sites excluding steroid dienone is 6. The Balaban J connectivity index is 3.92. The van der Waals surface area contributed by atoms with Crippen molar-refractivity contribution < 1.29 is 32.9 Å². The first-order chi connectivity index (χ1) is 43.5. The van der Waals surface area contributed by atoms with Gasteiger partial charge in [-0.2, -0.15) is 0 Å². The van der Waals surface area contributed by atoms with E-state index in [9.17, 15) is 19.4 Å². The lowest BCUT2D eigenvalue weighted by Crippen LogP contribution is -2.46. The quantitative estimate of drug-likeness (QED) is 0.0272. The summed E-state index contributed by atoms with van der Waals surface area (Å²) in [6, 6.07) is -0.801. The van der Waals surface area contributed by atoms with Crippen LogP contribution in [-0.2, 0) is 18.4 Å². The van der Waals surface area contributed by atoms with Gasteiger partial charge in [-0.05, 0) is 51.4 Å². The van der Waals surface area contributed by atoms with E-state index in [0.717, 1.165) is 51.4 Å². The van der Waals surface area contributed by atoms with Gasteiger partial charge in [0.1, 0.15) is 13.2 Å². The molecule has 0 aromatic rings. The number of phosphoric ester groups is 1. The fourth-order valence-corrected chi connectivity index (χ4v) is 13.2. The van der Waals surface area contributed by atoms with Gasteiger partial charge in [-0.3, -0.25) is 9.36 Å².